The molecule has 0 aliphatic carbocycles. The number of benzene rings is 1. The zero-order valence-corrected chi connectivity index (χ0v) is 13.8. The van der Waals surface area contributed by atoms with E-state index in [4.69, 9.17) is 4.74 Å². The molecule has 1 aliphatic rings. The fraction of sp³-hybridized carbons (Fsp3) is 0.467. The topological polar surface area (TPSA) is 86.1 Å². The summed E-state index contributed by atoms with van der Waals surface area (Å²) in [5, 5.41) is 4.35. The summed E-state index contributed by atoms with van der Waals surface area (Å²) in [4.78, 5) is 4.37. The Morgan fingerprint density at radius 3 is 2.65 bits per heavy atom. The molecule has 0 unspecified atom stereocenters. The first kappa shape index (κ1) is 15.9. The van der Waals surface area contributed by atoms with Gasteiger partial charge in [-0.3, -0.25) is 4.72 Å². The van der Waals surface area contributed by atoms with Crippen LogP contribution in [0.25, 0.3) is 0 Å². The Bertz CT molecular complexity index is 752. The Hall–Kier alpha value is -1.93. The third-order valence-electron chi connectivity index (χ3n) is 3.81. The quantitative estimate of drug-likeness (QED) is 0.897. The predicted molar refractivity (Wildman–Crippen MR) is 86.5 cm³/mol. The standard InChI is InChI=1S/C15H20N4O3S/c1-19-15(16-14(17-19)13-7-9-22-10-8-13)18-23(20,21)11-12-5-3-2-4-6-12/h2-6,13H,7-11H2,1H3,(H,16,17,18). The highest BCUT2D eigenvalue weighted by Crippen LogP contribution is 2.25. The van der Waals surface area contributed by atoms with E-state index in [1.807, 2.05) is 18.2 Å². The molecule has 1 aromatic heterocycles. The molecule has 1 aromatic carbocycles. The summed E-state index contributed by atoms with van der Waals surface area (Å²) in [6.45, 7) is 1.38. The number of sulfonamides is 1. The van der Waals surface area contributed by atoms with E-state index >= 15 is 0 Å². The van der Waals surface area contributed by atoms with Crippen molar-refractivity contribution in [2.45, 2.75) is 24.5 Å². The first-order chi connectivity index (χ1) is 11.0. The van der Waals surface area contributed by atoms with Crippen molar-refractivity contribution in [3.05, 3.63) is 41.7 Å². The van der Waals surface area contributed by atoms with E-state index in [9.17, 15) is 8.42 Å². The molecule has 1 aliphatic heterocycles. The largest absolute Gasteiger partial charge is 0.381 e. The lowest BCUT2D eigenvalue weighted by atomic mass is 10.00. The van der Waals surface area contributed by atoms with Crippen molar-refractivity contribution in [2.75, 3.05) is 17.9 Å². The van der Waals surface area contributed by atoms with Crippen LogP contribution in [-0.4, -0.2) is 36.4 Å². The summed E-state index contributed by atoms with van der Waals surface area (Å²) in [6.07, 6.45) is 1.72. The summed E-state index contributed by atoms with van der Waals surface area (Å²) >= 11 is 0. The minimum atomic E-state index is -3.53. The zero-order valence-electron chi connectivity index (χ0n) is 13.0. The lowest BCUT2D eigenvalue weighted by Crippen LogP contribution is -2.18. The average molecular weight is 336 g/mol. The van der Waals surface area contributed by atoms with Gasteiger partial charge in [-0.1, -0.05) is 30.3 Å². The van der Waals surface area contributed by atoms with Crippen molar-refractivity contribution in [3.8, 4) is 0 Å². The van der Waals surface area contributed by atoms with Gasteiger partial charge in [0.1, 0.15) is 0 Å². The SMILES string of the molecule is Cn1nc(C2CCOCC2)nc1NS(=O)(=O)Cc1ccccc1. The number of nitrogens with one attached hydrogen (secondary N) is 1. The molecule has 0 spiro atoms. The lowest BCUT2D eigenvalue weighted by molar-refractivity contribution is 0.0836. The fourth-order valence-electron chi connectivity index (χ4n) is 2.59. The van der Waals surface area contributed by atoms with Gasteiger partial charge in [-0.05, 0) is 18.4 Å². The van der Waals surface area contributed by atoms with Gasteiger partial charge in [0.25, 0.3) is 0 Å². The molecular weight excluding hydrogens is 316 g/mol. The van der Waals surface area contributed by atoms with Gasteiger partial charge < -0.3 is 4.74 Å². The number of aromatic nitrogens is 3. The predicted octanol–water partition coefficient (Wildman–Crippen LogP) is 1.65. The zero-order chi connectivity index (χ0) is 16.3. The second-order valence-corrected chi connectivity index (χ2v) is 7.37. The van der Waals surface area contributed by atoms with Gasteiger partial charge in [0.15, 0.2) is 5.82 Å². The molecule has 3 rings (SSSR count). The Morgan fingerprint density at radius 2 is 1.96 bits per heavy atom. The normalized spacial score (nSPS) is 16.4. The lowest BCUT2D eigenvalue weighted by Gasteiger charge is -2.18. The van der Waals surface area contributed by atoms with E-state index in [0.29, 0.717) is 19.0 Å². The van der Waals surface area contributed by atoms with E-state index < -0.39 is 10.0 Å². The second-order valence-electron chi connectivity index (χ2n) is 5.65. The summed E-state index contributed by atoms with van der Waals surface area (Å²) in [6, 6.07) is 9.05. The molecule has 0 amide bonds. The molecule has 7 nitrogen and oxygen atoms in total. The Kier molecular flexibility index (Phi) is 4.63. The molecular formula is C15H20N4O3S. The van der Waals surface area contributed by atoms with Crippen molar-refractivity contribution in [2.24, 2.45) is 7.05 Å². The van der Waals surface area contributed by atoms with Crippen LogP contribution in [0.2, 0.25) is 0 Å². The van der Waals surface area contributed by atoms with Crippen molar-refractivity contribution >= 4 is 16.0 Å². The smallest absolute Gasteiger partial charge is 0.239 e. The second kappa shape index (κ2) is 6.67. The molecule has 23 heavy (non-hydrogen) atoms. The van der Waals surface area contributed by atoms with E-state index in [1.54, 1.807) is 19.2 Å². The van der Waals surface area contributed by atoms with Crippen LogP contribution in [-0.2, 0) is 27.6 Å². The molecule has 8 heteroatoms. The minimum absolute atomic E-state index is 0.0900. The van der Waals surface area contributed by atoms with Crippen LogP contribution in [0.15, 0.2) is 30.3 Å². The summed E-state index contributed by atoms with van der Waals surface area (Å²) < 4.78 is 33.9. The third-order valence-corrected chi connectivity index (χ3v) is 5.02. The third kappa shape index (κ3) is 4.08. The number of nitrogens with zero attached hydrogens (tertiary/aromatic N) is 3. The van der Waals surface area contributed by atoms with Crippen LogP contribution in [0, 0.1) is 0 Å². The molecule has 1 N–H and O–H groups in total. The molecule has 0 atom stereocenters. The number of anilines is 1. The number of hydrogen-bond acceptors (Lipinski definition) is 5. The molecule has 0 saturated carbocycles. The molecule has 2 aromatic rings. The molecule has 1 fully saturated rings. The highest BCUT2D eigenvalue weighted by atomic mass is 32.2. The van der Waals surface area contributed by atoms with E-state index in [1.165, 1.54) is 4.68 Å². The Balaban J connectivity index is 1.73. The van der Waals surface area contributed by atoms with Crippen LogP contribution >= 0.6 is 0 Å². The van der Waals surface area contributed by atoms with Gasteiger partial charge in [0.2, 0.25) is 16.0 Å². The van der Waals surface area contributed by atoms with E-state index in [0.717, 1.165) is 18.4 Å². The van der Waals surface area contributed by atoms with Gasteiger partial charge in [0, 0.05) is 26.2 Å². The molecule has 1 saturated heterocycles. The molecule has 0 radical (unpaired) electrons. The molecule has 2 heterocycles. The molecule has 0 bridgehead atoms. The minimum Gasteiger partial charge on any atom is -0.381 e. The van der Waals surface area contributed by atoms with Crippen molar-refractivity contribution in [3.63, 3.8) is 0 Å². The Labute approximate surface area is 135 Å². The van der Waals surface area contributed by atoms with Gasteiger partial charge in [-0.25, -0.2) is 13.1 Å². The van der Waals surface area contributed by atoms with Gasteiger partial charge in [-0.15, -0.1) is 0 Å². The van der Waals surface area contributed by atoms with Crippen molar-refractivity contribution in [1.29, 1.82) is 0 Å². The first-order valence-corrected chi connectivity index (χ1v) is 9.22. The molecule has 124 valence electrons. The highest BCUT2D eigenvalue weighted by Gasteiger charge is 2.23. The number of ether oxygens (including phenoxy) is 1. The summed E-state index contributed by atoms with van der Waals surface area (Å²) in [5.41, 5.74) is 0.729. The van der Waals surface area contributed by atoms with Crippen LogP contribution in [0.5, 0.6) is 0 Å². The monoisotopic (exact) mass is 336 g/mol. The van der Waals surface area contributed by atoms with Crippen molar-refractivity contribution < 1.29 is 13.2 Å². The highest BCUT2D eigenvalue weighted by molar-refractivity contribution is 7.91. The van der Waals surface area contributed by atoms with E-state index in [-0.39, 0.29) is 17.6 Å². The summed E-state index contributed by atoms with van der Waals surface area (Å²) in [7, 11) is -1.83. The van der Waals surface area contributed by atoms with Crippen LogP contribution in [0.4, 0.5) is 5.95 Å². The van der Waals surface area contributed by atoms with Crippen LogP contribution < -0.4 is 4.72 Å². The maximum Gasteiger partial charge on any atom is 0.239 e. The van der Waals surface area contributed by atoms with Gasteiger partial charge >= 0.3 is 0 Å². The fourth-order valence-corrected chi connectivity index (χ4v) is 3.75. The van der Waals surface area contributed by atoms with Gasteiger partial charge in [0.05, 0.1) is 5.75 Å². The number of hydrogen-bond donors (Lipinski definition) is 1. The Morgan fingerprint density at radius 1 is 1.26 bits per heavy atom. The first-order valence-electron chi connectivity index (χ1n) is 7.56. The maximum absolute atomic E-state index is 12.3. The van der Waals surface area contributed by atoms with E-state index in [2.05, 4.69) is 14.8 Å². The van der Waals surface area contributed by atoms with Gasteiger partial charge in [-0.2, -0.15) is 10.1 Å². The number of rotatable bonds is 5. The van der Waals surface area contributed by atoms with Crippen LogP contribution in [0.1, 0.15) is 30.1 Å². The van der Waals surface area contributed by atoms with Crippen LogP contribution in [0.3, 0.4) is 0 Å². The number of aryl methyl sites for hydroxylation is 1. The average Bonchev–Trinajstić information content (AvgIpc) is 2.89. The maximum atomic E-state index is 12.3. The summed E-state index contributed by atoms with van der Waals surface area (Å²) in [5.74, 6) is 1.06. The van der Waals surface area contributed by atoms with Crippen molar-refractivity contribution in [1.82, 2.24) is 14.8 Å².